The molecule has 0 unspecified atom stereocenters. The van der Waals surface area contributed by atoms with E-state index in [2.05, 4.69) is 37.0 Å². The number of amides is 2. The van der Waals surface area contributed by atoms with Gasteiger partial charge < -0.3 is 9.64 Å². The summed E-state index contributed by atoms with van der Waals surface area (Å²) in [6.07, 6.45) is 2.47. The molecule has 0 aliphatic carbocycles. The van der Waals surface area contributed by atoms with Crippen molar-refractivity contribution in [3.05, 3.63) is 59.8 Å². The molecule has 2 atom stereocenters. The molecule has 1 N–H and O–H groups in total. The number of pyridine rings is 1. The van der Waals surface area contributed by atoms with Crippen LogP contribution in [0.25, 0.3) is 22.0 Å². The number of piperidine rings is 1. The summed E-state index contributed by atoms with van der Waals surface area (Å²) >= 11 is 0. The van der Waals surface area contributed by atoms with E-state index in [0.29, 0.717) is 31.7 Å². The van der Waals surface area contributed by atoms with Gasteiger partial charge in [-0.25, -0.2) is 5.06 Å². The minimum Gasteiger partial charge on any atom is -0.481 e. The van der Waals surface area contributed by atoms with Crippen molar-refractivity contribution in [1.82, 2.24) is 14.9 Å². The molecule has 4 rings (SSSR count). The first kappa shape index (κ1) is 23.7. The molecule has 1 aliphatic rings. The van der Waals surface area contributed by atoms with Crippen molar-refractivity contribution in [3.63, 3.8) is 0 Å². The first-order valence-electron chi connectivity index (χ1n) is 11.7. The third kappa shape index (κ3) is 4.75. The van der Waals surface area contributed by atoms with E-state index in [-0.39, 0.29) is 5.91 Å². The highest BCUT2D eigenvalue weighted by Crippen LogP contribution is 2.34. The molecule has 178 valence electrons. The van der Waals surface area contributed by atoms with Crippen LogP contribution in [0.2, 0.25) is 0 Å². The SMILES string of the molecule is CC(=O)N(O)[C@H]1CCCN(C(=O)[C@@H](C)Oc2ccc3c(-c4c(C)cccc4C)ccnc3c2)C1. The Morgan fingerprint density at radius 2 is 1.91 bits per heavy atom. The molecule has 1 aliphatic heterocycles. The van der Waals surface area contributed by atoms with E-state index in [1.54, 1.807) is 18.0 Å². The molecule has 34 heavy (non-hydrogen) atoms. The molecule has 1 aromatic heterocycles. The smallest absolute Gasteiger partial charge is 0.263 e. The van der Waals surface area contributed by atoms with Crippen LogP contribution < -0.4 is 4.74 Å². The number of carbonyl (C=O) groups excluding carboxylic acids is 2. The molecule has 0 spiro atoms. The summed E-state index contributed by atoms with van der Waals surface area (Å²) in [6, 6.07) is 13.6. The van der Waals surface area contributed by atoms with Crippen LogP contribution in [0.4, 0.5) is 0 Å². The lowest BCUT2D eigenvalue weighted by atomic mass is 9.93. The number of fused-ring (bicyclic) bond motifs is 1. The topological polar surface area (TPSA) is 83.0 Å². The second-order valence-electron chi connectivity index (χ2n) is 9.01. The standard InChI is InChI=1S/C27H31N3O4/c1-17-7-5-8-18(2)26(17)24-12-13-28-25-15-22(10-11-23(24)25)34-19(3)27(32)29-14-6-9-21(16-29)30(33)20(4)31/h5,7-8,10-13,15,19,21,33H,6,9,14,16H2,1-4H3/t19-,21+/m1/s1. The number of nitrogens with zero attached hydrogens (tertiary/aromatic N) is 3. The minimum atomic E-state index is -0.706. The van der Waals surface area contributed by atoms with Gasteiger partial charge in [0.15, 0.2) is 6.10 Å². The summed E-state index contributed by atoms with van der Waals surface area (Å²) in [5.41, 5.74) is 5.54. The highest BCUT2D eigenvalue weighted by molar-refractivity contribution is 5.96. The quantitative estimate of drug-likeness (QED) is 0.446. The molecule has 7 nitrogen and oxygen atoms in total. The van der Waals surface area contributed by atoms with Gasteiger partial charge in [0.1, 0.15) is 5.75 Å². The Bertz CT molecular complexity index is 1210. The summed E-state index contributed by atoms with van der Waals surface area (Å²) in [5.74, 6) is -0.0212. The van der Waals surface area contributed by atoms with E-state index < -0.39 is 18.1 Å². The average Bonchev–Trinajstić information content (AvgIpc) is 2.83. The Balaban J connectivity index is 1.52. The number of aromatic nitrogens is 1. The van der Waals surface area contributed by atoms with E-state index >= 15 is 0 Å². The lowest BCUT2D eigenvalue weighted by Gasteiger charge is -2.36. The van der Waals surface area contributed by atoms with Crippen LogP contribution >= 0.6 is 0 Å². The number of hydrogen-bond donors (Lipinski definition) is 1. The van der Waals surface area contributed by atoms with Gasteiger partial charge >= 0.3 is 0 Å². The normalized spacial score (nSPS) is 16.9. The number of aryl methyl sites for hydroxylation is 2. The third-order valence-corrected chi connectivity index (χ3v) is 6.50. The Labute approximate surface area is 199 Å². The van der Waals surface area contributed by atoms with Gasteiger partial charge in [0.25, 0.3) is 5.91 Å². The fourth-order valence-electron chi connectivity index (χ4n) is 4.78. The number of rotatable bonds is 5. The van der Waals surface area contributed by atoms with Crippen molar-refractivity contribution in [1.29, 1.82) is 0 Å². The predicted molar refractivity (Wildman–Crippen MR) is 131 cm³/mol. The van der Waals surface area contributed by atoms with Gasteiger partial charge in [-0.05, 0) is 74.1 Å². The summed E-state index contributed by atoms with van der Waals surface area (Å²) in [5, 5.41) is 11.7. The summed E-state index contributed by atoms with van der Waals surface area (Å²) in [6.45, 7) is 8.12. The Morgan fingerprint density at radius 1 is 1.18 bits per heavy atom. The Kier molecular flexibility index (Phi) is 6.84. The molecular formula is C27H31N3O4. The van der Waals surface area contributed by atoms with E-state index in [1.807, 2.05) is 24.3 Å². The molecule has 0 bridgehead atoms. The van der Waals surface area contributed by atoms with E-state index in [4.69, 9.17) is 4.74 Å². The largest absolute Gasteiger partial charge is 0.481 e. The molecule has 2 heterocycles. The lowest BCUT2D eigenvalue weighted by molar-refractivity contribution is -0.179. The highest BCUT2D eigenvalue weighted by Gasteiger charge is 2.31. The first-order chi connectivity index (χ1) is 16.3. The number of ether oxygens (including phenoxy) is 1. The van der Waals surface area contributed by atoms with E-state index in [0.717, 1.165) is 21.5 Å². The monoisotopic (exact) mass is 461 g/mol. The number of benzene rings is 2. The fourth-order valence-corrected chi connectivity index (χ4v) is 4.78. The Morgan fingerprint density at radius 3 is 2.62 bits per heavy atom. The lowest BCUT2D eigenvalue weighted by Crippen LogP contribution is -2.52. The van der Waals surface area contributed by atoms with Crippen molar-refractivity contribution < 1.29 is 19.5 Å². The van der Waals surface area contributed by atoms with Gasteiger partial charge in [0.05, 0.1) is 11.6 Å². The number of hydroxylamine groups is 2. The van der Waals surface area contributed by atoms with Gasteiger partial charge in [0.2, 0.25) is 5.91 Å². The van der Waals surface area contributed by atoms with Gasteiger partial charge in [0, 0.05) is 37.7 Å². The average molecular weight is 462 g/mol. The molecular weight excluding hydrogens is 430 g/mol. The van der Waals surface area contributed by atoms with Crippen molar-refractivity contribution in [2.75, 3.05) is 13.1 Å². The number of likely N-dealkylation sites (tertiary alicyclic amines) is 1. The number of carbonyl (C=O) groups is 2. The molecule has 0 radical (unpaired) electrons. The van der Waals surface area contributed by atoms with Crippen LogP contribution in [0.5, 0.6) is 5.75 Å². The fraction of sp³-hybridized carbons (Fsp3) is 0.370. The van der Waals surface area contributed by atoms with Crippen LogP contribution in [0.3, 0.4) is 0 Å². The van der Waals surface area contributed by atoms with Crippen LogP contribution in [-0.4, -0.2) is 57.2 Å². The predicted octanol–water partition coefficient (Wildman–Crippen LogP) is 4.51. The van der Waals surface area contributed by atoms with Crippen LogP contribution in [0.15, 0.2) is 48.7 Å². The Hall–Kier alpha value is -3.45. The zero-order valence-corrected chi connectivity index (χ0v) is 20.1. The maximum atomic E-state index is 13.0. The summed E-state index contributed by atoms with van der Waals surface area (Å²) in [4.78, 5) is 30.7. The third-order valence-electron chi connectivity index (χ3n) is 6.50. The van der Waals surface area contributed by atoms with Crippen molar-refractivity contribution >= 4 is 22.7 Å². The molecule has 2 amide bonds. The molecule has 7 heteroatoms. The zero-order chi connectivity index (χ0) is 24.4. The zero-order valence-electron chi connectivity index (χ0n) is 20.1. The van der Waals surface area contributed by atoms with Crippen LogP contribution in [-0.2, 0) is 9.59 Å². The second kappa shape index (κ2) is 9.81. The highest BCUT2D eigenvalue weighted by atomic mass is 16.5. The minimum absolute atomic E-state index is 0.168. The maximum absolute atomic E-state index is 13.0. The second-order valence-corrected chi connectivity index (χ2v) is 9.01. The molecule has 0 saturated carbocycles. The van der Waals surface area contributed by atoms with E-state index in [9.17, 15) is 14.8 Å². The molecule has 2 aromatic carbocycles. The maximum Gasteiger partial charge on any atom is 0.263 e. The molecule has 3 aromatic rings. The van der Waals surface area contributed by atoms with Gasteiger partial charge in [-0.3, -0.25) is 19.8 Å². The summed E-state index contributed by atoms with van der Waals surface area (Å²) in [7, 11) is 0. The van der Waals surface area contributed by atoms with Crippen LogP contribution in [0, 0.1) is 13.8 Å². The van der Waals surface area contributed by atoms with Crippen LogP contribution in [0.1, 0.15) is 37.8 Å². The van der Waals surface area contributed by atoms with Crippen molar-refractivity contribution in [2.24, 2.45) is 0 Å². The molecule has 1 saturated heterocycles. The van der Waals surface area contributed by atoms with E-state index in [1.165, 1.54) is 23.6 Å². The number of hydrogen-bond acceptors (Lipinski definition) is 5. The molecule has 1 fully saturated rings. The van der Waals surface area contributed by atoms with Gasteiger partial charge in [-0.2, -0.15) is 0 Å². The summed E-state index contributed by atoms with van der Waals surface area (Å²) < 4.78 is 6.00. The van der Waals surface area contributed by atoms with Gasteiger partial charge in [-0.1, -0.05) is 18.2 Å². The van der Waals surface area contributed by atoms with Crippen molar-refractivity contribution in [2.45, 2.75) is 52.7 Å². The van der Waals surface area contributed by atoms with Crippen molar-refractivity contribution in [3.8, 4) is 16.9 Å². The van der Waals surface area contributed by atoms with Gasteiger partial charge in [-0.15, -0.1) is 0 Å². The first-order valence-corrected chi connectivity index (χ1v) is 11.7.